The molecule has 1 aromatic rings. The largest absolute Gasteiger partial charge is 0.378 e. The molecule has 0 saturated carbocycles. The number of anilines is 1. The second kappa shape index (κ2) is 8.11. The predicted octanol–water partition coefficient (Wildman–Crippen LogP) is 3.80. The van der Waals surface area contributed by atoms with Gasteiger partial charge in [0.05, 0.1) is 12.3 Å². The van der Waals surface area contributed by atoms with Gasteiger partial charge in [0.25, 0.3) is 0 Å². The molecule has 4 nitrogen and oxygen atoms in total. The van der Waals surface area contributed by atoms with Crippen LogP contribution in [0.15, 0.2) is 0 Å². The number of rotatable bonds is 8. The van der Waals surface area contributed by atoms with Gasteiger partial charge in [0.2, 0.25) is 0 Å². The van der Waals surface area contributed by atoms with E-state index in [1.807, 2.05) is 0 Å². The fourth-order valence-corrected chi connectivity index (χ4v) is 3.12. The van der Waals surface area contributed by atoms with Crippen LogP contribution >= 0.6 is 11.3 Å². The zero-order valence-corrected chi connectivity index (χ0v) is 15.4. The van der Waals surface area contributed by atoms with Gasteiger partial charge in [-0.2, -0.15) is 0 Å². The molecule has 21 heavy (non-hydrogen) atoms. The van der Waals surface area contributed by atoms with Crippen molar-refractivity contribution in [3.8, 4) is 0 Å². The second-order valence-electron chi connectivity index (χ2n) is 6.65. The smallest absolute Gasteiger partial charge is 0.185 e. The van der Waals surface area contributed by atoms with Crippen molar-refractivity contribution >= 4 is 16.5 Å². The van der Waals surface area contributed by atoms with Gasteiger partial charge in [0.1, 0.15) is 0 Å². The summed E-state index contributed by atoms with van der Waals surface area (Å²) >= 11 is 1.77. The Morgan fingerprint density at radius 2 is 2.05 bits per heavy atom. The molecule has 122 valence electrons. The highest BCUT2D eigenvalue weighted by molar-refractivity contribution is 7.15. The van der Waals surface area contributed by atoms with E-state index in [1.165, 1.54) is 17.7 Å². The third-order valence-corrected chi connectivity index (χ3v) is 4.68. The normalized spacial score (nSPS) is 13.5. The summed E-state index contributed by atoms with van der Waals surface area (Å²) < 4.78 is 5.30. The van der Waals surface area contributed by atoms with Crippen molar-refractivity contribution in [3.05, 3.63) is 10.6 Å². The summed E-state index contributed by atoms with van der Waals surface area (Å²) in [6.45, 7) is 12.4. The van der Waals surface area contributed by atoms with Gasteiger partial charge in [-0.05, 0) is 34.1 Å². The fraction of sp³-hybridized carbons (Fsp3) is 0.812. The van der Waals surface area contributed by atoms with Gasteiger partial charge in [-0.15, -0.1) is 11.3 Å². The quantitative estimate of drug-likeness (QED) is 0.792. The first-order valence-corrected chi connectivity index (χ1v) is 8.55. The minimum absolute atomic E-state index is 0.107. The van der Waals surface area contributed by atoms with Crippen molar-refractivity contribution < 1.29 is 4.74 Å². The van der Waals surface area contributed by atoms with E-state index in [4.69, 9.17) is 9.72 Å². The second-order valence-corrected chi connectivity index (χ2v) is 7.71. The van der Waals surface area contributed by atoms with E-state index in [1.54, 1.807) is 18.4 Å². The molecule has 0 aromatic carbocycles. The molecule has 0 amide bonds. The van der Waals surface area contributed by atoms with Crippen LogP contribution in [0, 0.1) is 0 Å². The molecule has 1 N–H and O–H groups in total. The van der Waals surface area contributed by atoms with Crippen LogP contribution < -0.4 is 10.2 Å². The third kappa shape index (κ3) is 5.93. The van der Waals surface area contributed by atoms with E-state index in [-0.39, 0.29) is 5.54 Å². The molecular weight excluding hydrogens is 282 g/mol. The van der Waals surface area contributed by atoms with Gasteiger partial charge in [-0.25, -0.2) is 4.98 Å². The van der Waals surface area contributed by atoms with Crippen LogP contribution in [-0.2, 0) is 17.9 Å². The maximum atomic E-state index is 5.30. The average molecular weight is 314 g/mol. The lowest BCUT2D eigenvalue weighted by molar-refractivity contribution is 0.181. The molecule has 1 aromatic heterocycles. The summed E-state index contributed by atoms with van der Waals surface area (Å²) in [6, 6.07) is 0.514. The summed E-state index contributed by atoms with van der Waals surface area (Å²) in [5, 5.41) is 4.63. The lowest BCUT2D eigenvalue weighted by Crippen LogP contribution is -2.35. The molecule has 0 aliphatic carbocycles. The molecule has 1 unspecified atom stereocenters. The lowest BCUT2D eigenvalue weighted by Gasteiger charge is -2.23. The van der Waals surface area contributed by atoms with Crippen molar-refractivity contribution in [2.75, 3.05) is 19.1 Å². The van der Waals surface area contributed by atoms with Crippen molar-refractivity contribution in [2.24, 2.45) is 0 Å². The van der Waals surface area contributed by atoms with Gasteiger partial charge in [0.15, 0.2) is 5.13 Å². The number of methoxy groups -OCH3 is 1. The summed E-state index contributed by atoms with van der Waals surface area (Å²) in [5.74, 6) is 0. The molecular formula is C16H31N3OS. The van der Waals surface area contributed by atoms with Crippen LogP contribution in [0.1, 0.15) is 58.0 Å². The standard InChI is InChI=1S/C16H31N3OS/c1-8-9-12(2)19(6)15-18-13(11-20-7)14(21-15)10-17-16(3,4)5/h12,17H,8-11H2,1-7H3. The number of aromatic nitrogens is 1. The monoisotopic (exact) mass is 313 g/mol. The van der Waals surface area contributed by atoms with E-state index >= 15 is 0 Å². The van der Waals surface area contributed by atoms with Gasteiger partial charge in [0, 0.05) is 37.2 Å². The zero-order valence-electron chi connectivity index (χ0n) is 14.6. The van der Waals surface area contributed by atoms with Crippen LogP contribution in [0.4, 0.5) is 5.13 Å². The number of hydrogen-bond acceptors (Lipinski definition) is 5. The molecule has 0 bridgehead atoms. The van der Waals surface area contributed by atoms with Crippen LogP contribution in [0.25, 0.3) is 0 Å². The first kappa shape index (κ1) is 18.4. The predicted molar refractivity (Wildman–Crippen MR) is 92.2 cm³/mol. The van der Waals surface area contributed by atoms with E-state index in [2.05, 4.69) is 51.9 Å². The van der Waals surface area contributed by atoms with E-state index in [9.17, 15) is 0 Å². The topological polar surface area (TPSA) is 37.4 Å². The van der Waals surface area contributed by atoms with Crippen LogP contribution in [0.2, 0.25) is 0 Å². The van der Waals surface area contributed by atoms with Gasteiger partial charge in [-0.1, -0.05) is 13.3 Å². The van der Waals surface area contributed by atoms with Crippen molar-refractivity contribution in [1.82, 2.24) is 10.3 Å². The minimum Gasteiger partial charge on any atom is -0.378 e. The highest BCUT2D eigenvalue weighted by Crippen LogP contribution is 2.28. The Hall–Kier alpha value is -0.650. The Labute approximate surface area is 133 Å². The Balaban J connectivity index is 2.87. The van der Waals surface area contributed by atoms with Crippen LogP contribution in [0.5, 0.6) is 0 Å². The fourth-order valence-electron chi connectivity index (χ4n) is 2.05. The van der Waals surface area contributed by atoms with Crippen molar-refractivity contribution in [2.45, 2.75) is 72.2 Å². The first-order chi connectivity index (χ1) is 9.78. The molecule has 5 heteroatoms. The minimum atomic E-state index is 0.107. The van der Waals surface area contributed by atoms with E-state index < -0.39 is 0 Å². The molecule has 1 heterocycles. The number of ether oxygens (including phenoxy) is 1. The lowest BCUT2D eigenvalue weighted by atomic mass is 10.1. The Bertz CT molecular complexity index is 426. The van der Waals surface area contributed by atoms with E-state index in [0.717, 1.165) is 17.4 Å². The molecule has 0 spiro atoms. The number of nitrogens with zero attached hydrogens (tertiary/aromatic N) is 2. The maximum absolute atomic E-state index is 5.30. The summed E-state index contributed by atoms with van der Waals surface area (Å²) in [6.07, 6.45) is 2.38. The SMILES string of the molecule is CCCC(C)N(C)c1nc(COC)c(CNC(C)(C)C)s1. The summed E-state index contributed by atoms with van der Waals surface area (Å²) in [5.41, 5.74) is 1.17. The van der Waals surface area contributed by atoms with Gasteiger partial charge in [-0.3, -0.25) is 0 Å². The Kier molecular flexibility index (Phi) is 7.10. The van der Waals surface area contributed by atoms with Crippen LogP contribution in [-0.4, -0.2) is 30.7 Å². The third-order valence-electron chi connectivity index (χ3n) is 3.50. The number of nitrogens with one attached hydrogen (secondary N) is 1. The van der Waals surface area contributed by atoms with Crippen molar-refractivity contribution in [3.63, 3.8) is 0 Å². The number of hydrogen-bond donors (Lipinski definition) is 1. The van der Waals surface area contributed by atoms with E-state index in [0.29, 0.717) is 12.6 Å². The first-order valence-electron chi connectivity index (χ1n) is 7.73. The highest BCUT2D eigenvalue weighted by Gasteiger charge is 2.18. The molecule has 0 fully saturated rings. The molecule has 0 aliphatic heterocycles. The maximum Gasteiger partial charge on any atom is 0.185 e. The van der Waals surface area contributed by atoms with Gasteiger partial charge >= 0.3 is 0 Å². The highest BCUT2D eigenvalue weighted by atomic mass is 32.1. The van der Waals surface area contributed by atoms with Crippen molar-refractivity contribution in [1.29, 1.82) is 0 Å². The zero-order chi connectivity index (χ0) is 16.0. The average Bonchev–Trinajstić information content (AvgIpc) is 2.78. The van der Waals surface area contributed by atoms with Gasteiger partial charge < -0.3 is 15.0 Å². The molecule has 0 radical (unpaired) electrons. The molecule has 1 atom stereocenters. The van der Waals surface area contributed by atoms with Crippen LogP contribution in [0.3, 0.4) is 0 Å². The summed E-state index contributed by atoms with van der Waals surface area (Å²) in [4.78, 5) is 8.34. The summed E-state index contributed by atoms with van der Waals surface area (Å²) in [7, 11) is 3.86. The molecule has 0 aliphatic rings. The Morgan fingerprint density at radius 3 is 2.57 bits per heavy atom. The molecule has 0 saturated heterocycles. The Morgan fingerprint density at radius 1 is 1.38 bits per heavy atom. The molecule has 1 rings (SSSR count). The number of thiazole rings is 1.